The number of nitrogens with zero attached hydrogens (tertiary/aromatic N) is 1. The molecule has 0 aromatic heterocycles. The minimum absolute atomic E-state index is 0. The molecule has 0 fully saturated rings. The van der Waals surface area contributed by atoms with Crippen LogP contribution in [0.5, 0.6) is 0 Å². The zero-order valence-electron chi connectivity index (χ0n) is 8.79. The Hall–Kier alpha value is -0.602. The summed E-state index contributed by atoms with van der Waals surface area (Å²) in [7, 11) is 0. The van der Waals surface area contributed by atoms with Crippen LogP contribution in [0.2, 0.25) is 0 Å². The zero-order chi connectivity index (χ0) is 10.4. The monoisotopic (exact) mass is 347 g/mol. The number of hydrogen-bond acceptors (Lipinski definition) is 1. The van der Waals surface area contributed by atoms with E-state index in [9.17, 15) is 0 Å². The number of aliphatic imine (C=N–C) groups is 1. The third-order valence-electron chi connectivity index (χ3n) is 0.590. The second-order valence-electron chi connectivity index (χ2n) is 1.27. The normalized spacial score (nSPS) is 8.31. The van der Waals surface area contributed by atoms with Crippen molar-refractivity contribution in [1.82, 2.24) is 0 Å². The molecule has 72 valence electrons. The van der Waals surface area contributed by atoms with Gasteiger partial charge in [0.05, 0.1) is 0 Å². The molecular formula is C11H17NW. The number of allylic oxidation sites excluding steroid dienone is 3. The number of terminal acetylenes is 1. The third-order valence-corrected chi connectivity index (χ3v) is 0.590. The van der Waals surface area contributed by atoms with E-state index in [1.807, 2.05) is 20.8 Å². The maximum absolute atomic E-state index is 4.00. The molecule has 0 saturated carbocycles. The molecule has 0 aromatic carbocycles. The summed E-state index contributed by atoms with van der Waals surface area (Å²) in [4.78, 5) is 3.80. The minimum atomic E-state index is 0. The minimum Gasteiger partial charge on any atom is -0.480 e. The fourth-order valence-corrected chi connectivity index (χ4v) is 0.348. The summed E-state index contributed by atoms with van der Waals surface area (Å²) in [6, 6.07) is 0. The largest absolute Gasteiger partial charge is 2.00 e. The molecule has 0 saturated heterocycles. The van der Waals surface area contributed by atoms with E-state index in [4.69, 9.17) is 0 Å². The Balaban J connectivity index is -0.0000000712. The Labute approximate surface area is 97.3 Å². The van der Waals surface area contributed by atoms with Gasteiger partial charge in [0.25, 0.3) is 0 Å². The van der Waals surface area contributed by atoms with Crippen LogP contribution in [-0.2, 0) is 21.1 Å². The van der Waals surface area contributed by atoms with Gasteiger partial charge in [0.2, 0.25) is 0 Å². The molecule has 0 aliphatic rings. The van der Waals surface area contributed by atoms with Crippen LogP contribution in [0.15, 0.2) is 23.3 Å². The van der Waals surface area contributed by atoms with Gasteiger partial charge in [0.15, 0.2) is 0 Å². The van der Waals surface area contributed by atoms with Gasteiger partial charge in [0.1, 0.15) is 0 Å². The average Bonchev–Trinajstić information content (AvgIpc) is 2.12. The molecule has 0 aliphatic heterocycles. The van der Waals surface area contributed by atoms with Gasteiger partial charge in [-0.2, -0.15) is 6.21 Å². The van der Waals surface area contributed by atoms with Crippen molar-refractivity contribution in [3.8, 4) is 12.8 Å². The smallest absolute Gasteiger partial charge is 0.480 e. The third kappa shape index (κ3) is 34.5. The van der Waals surface area contributed by atoms with Crippen molar-refractivity contribution >= 4 is 6.21 Å². The summed E-state index contributed by atoms with van der Waals surface area (Å²) in [6.45, 7) is 11.1. The SMILES string of the molecule is C#C.C=C[C-]=C(C)N=[C-]C.CC.[W+2]. The van der Waals surface area contributed by atoms with Gasteiger partial charge in [-0.25, -0.2) is 12.3 Å². The van der Waals surface area contributed by atoms with Crippen molar-refractivity contribution in [1.29, 1.82) is 0 Å². The van der Waals surface area contributed by atoms with Crippen molar-refractivity contribution in [2.75, 3.05) is 0 Å². The molecule has 0 heterocycles. The van der Waals surface area contributed by atoms with Crippen LogP contribution < -0.4 is 0 Å². The topological polar surface area (TPSA) is 12.4 Å². The summed E-state index contributed by atoms with van der Waals surface area (Å²) in [6.07, 6.45) is 15.0. The molecule has 0 spiro atoms. The fourth-order valence-electron chi connectivity index (χ4n) is 0.348. The molecule has 1 nitrogen and oxygen atoms in total. The zero-order valence-corrected chi connectivity index (χ0v) is 11.7. The Bertz CT molecular complexity index is 155. The van der Waals surface area contributed by atoms with E-state index in [1.54, 1.807) is 13.0 Å². The second-order valence-corrected chi connectivity index (χ2v) is 1.27. The van der Waals surface area contributed by atoms with E-state index in [2.05, 4.69) is 36.7 Å². The first-order valence-electron chi connectivity index (χ1n) is 3.73. The number of hydrogen-bond donors (Lipinski definition) is 0. The van der Waals surface area contributed by atoms with Gasteiger partial charge in [-0.15, -0.1) is 26.7 Å². The van der Waals surface area contributed by atoms with Gasteiger partial charge in [-0.05, 0) is 0 Å². The predicted octanol–water partition coefficient (Wildman–Crippen LogP) is 3.12. The quantitative estimate of drug-likeness (QED) is 0.315. The van der Waals surface area contributed by atoms with Gasteiger partial charge in [-0.1, -0.05) is 13.8 Å². The van der Waals surface area contributed by atoms with Crippen LogP contribution in [0.4, 0.5) is 0 Å². The van der Waals surface area contributed by atoms with E-state index in [0.717, 1.165) is 5.70 Å². The maximum Gasteiger partial charge on any atom is 2.00 e. The first-order chi connectivity index (χ1) is 5.81. The van der Waals surface area contributed by atoms with Crippen molar-refractivity contribution in [3.63, 3.8) is 0 Å². The molecule has 0 aliphatic carbocycles. The average molecular weight is 347 g/mol. The van der Waals surface area contributed by atoms with E-state index < -0.39 is 0 Å². The first kappa shape index (κ1) is 22.8. The van der Waals surface area contributed by atoms with Crippen LogP contribution in [0, 0.1) is 18.9 Å². The molecule has 0 N–H and O–H groups in total. The van der Waals surface area contributed by atoms with E-state index in [-0.39, 0.29) is 21.1 Å². The van der Waals surface area contributed by atoms with Gasteiger partial charge < -0.3 is 11.1 Å². The van der Waals surface area contributed by atoms with Crippen LogP contribution in [-0.4, -0.2) is 6.21 Å². The second kappa shape index (κ2) is 30.1. The molecule has 2 heteroatoms. The van der Waals surface area contributed by atoms with E-state index in [1.165, 1.54) is 0 Å². The molecule has 0 unspecified atom stereocenters. The van der Waals surface area contributed by atoms with Gasteiger partial charge in [0, 0.05) is 0 Å². The molecular weight excluding hydrogens is 330 g/mol. The van der Waals surface area contributed by atoms with Gasteiger partial charge in [-0.3, -0.25) is 6.08 Å². The molecule has 0 radical (unpaired) electrons. The summed E-state index contributed by atoms with van der Waals surface area (Å²) >= 11 is 0. The molecule has 0 atom stereocenters. The van der Waals surface area contributed by atoms with Crippen LogP contribution in [0.25, 0.3) is 0 Å². The first-order valence-corrected chi connectivity index (χ1v) is 3.73. The van der Waals surface area contributed by atoms with Gasteiger partial charge >= 0.3 is 21.1 Å². The van der Waals surface area contributed by atoms with Crippen LogP contribution in [0.3, 0.4) is 0 Å². The Morgan fingerprint density at radius 3 is 2.00 bits per heavy atom. The Morgan fingerprint density at radius 1 is 1.38 bits per heavy atom. The summed E-state index contributed by atoms with van der Waals surface area (Å²) in [5, 5.41) is 0. The molecule has 0 bridgehead atoms. The summed E-state index contributed by atoms with van der Waals surface area (Å²) < 4.78 is 0. The Kier molecular flexibility index (Phi) is 52.9. The number of rotatable bonds is 2. The van der Waals surface area contributed by atoms with E-state index >= 15 is 0 Å². The van der Waals surface area contributed by atoms with Crippen LogP contribution in [0.1, 0.15) is 27.7 Å². The maximum atomic E-state index is 4.00. The van der Waals surface area contributed by atoms with Crippen LogP contribution >= 0.6 is 0 Å². The van der Waals surface area contributed by atoms with Crippen molar-refractivity contribution < 1.29 is 21.1 Å². The van der Waals surface area contributed by atoms with Crippen molar-refractivity contribution in [2.45, 2.75) is 27.7 Å². The molecule has 0 amide bonds. The standard InChI is InChI=1S/C7H9N.C2H6.C2H2.W/c1-4-6-7(3)8-5-2;2*1-2;/h4H,1H2,2-3H3;1-2H3;1-2H;/q-2;;;+2. The molecule has 0 rings (SSSR count). The van der Waals surface area contributed by atoms with Crippen molar-refractivity contribution in [2.24, 2.45) is 4.99 Å². The molecule has 0 aromatic rings. The van der Waals surface area contributed by atoms with E-state index in [0.29, 0.717) is 0 Å². The Morgan fingerprint density at radius 2 is 1.77 bits per heavy atom. The predicted molar refractivity (Wildman–Crippen MR) is 57.0 cm³/mol. The summed E-state index contributed by atoms with van der Waals surface area (Å²) in [5.41, 5.74) is 0.808. The summed E-state index contributed by atoms with van der Waals surface area (Å²) in [5.74, 6) is 0. The molecule has 13 heavy (non-hydrogen) atoms. The fraction of sp³-hybridized carbons (Fsp3) is 0.364. The van der Waals surface area contributed by atoms with Crippen molar-refractivity contribution in [3.05, 3.63) is 24.4 Å².